The molecular formula is C17H19N3O3. The Morgan fingerprint density at radius 1 is 1.22 bits per heavy atom. The Balaban J connectivity index is 2.03. The molecule has 6 nitrogen and oxygen atoms in total. The molecule has 1 amide bonds. The summed E-state index contributed by atoms with van der Waals surface area (Å²) in [6.07, 6.45) is 2.00. The summed E-state index contributed by atoms with van der Waals surface area (Å²) in [5.74, 6) is 0.0119. The monoisotopic (exact) mass is 313 g/mol. The molecule has 1 aromatic heterocycles. The Hall–Kier alpha value is -2.63. The fraction of sp³-hybridized carbons (Fsp3) is 0.353. The molecule has 1 aromatic carbocycles. The Labute approximate surface area is 134 Å². The van der Waals surface area contributed by atoms with Crippen LogP contribution in [0.15, 0.2) is 42.6 Å². The van der Waals surface area contributed by atoms with Gasteiger partial charge in [0.1, 0.15) is 0 Å². The number of carbonyl (C=O) groups excluding carboxylic acids is 1. The van der Waals surface area contributed by atoms with Crippen LogP contribution >= 0.6 is 0 Å². The first-order valence-electron chi connectivity index (χ1n) is 7.69. The molecular weight excluding hydrogens is 294 g/mol. The lowest BCUT2D eigenvalue weighted by atomic mass is 9.98. The zero-order valence-electron chi connectivity index (χ0n) is 13.2. The van der Waals surface area contributed by atoms with Crippen LogP contribution < -0.4 is 0 Å². The van der Waals surface area contributed by atoms with Crippen molar-refractivity contribution in [2.24, 2.45) is 5.92 Å². The van der Waals surface area contributed by atoms with Gasteiger partial charge in [-0.2, -0.15) is 0 Å². The lowest BCUT2D eigenvalue weighted by Crippen LogP contribution is -2.44. The third-order valence-corrected chi connectivity index (χ3v) is 4.23. The summed E-state index contributed by atoms with van der Waals surface area (Å²) in [7, 11) is 0. The summed E-state index contributed by atoms with van der Waals surface area (Å²) < 4.78 is 2.14. The van der Waals surface area contributed by atoms with Gasteiger partial charge in [-0.05, 0) is 29.8 Å². The van der Waals surface area contributed by atoms with Crippen LogP contribution in [0.25, 0.3) is 0 Å². The molecule has 0 spiro atoms. The number of nitrogens with zero attached hydrogens (tertiary/aromatic N) is 3. The first-order chi connectivity index (χ1) is 11.0. The zero-order valence-corrected chi connectivity index (χ0v) is 13.2. The summed E-state index contributed by atoms with van der Waals surface area (Å²) in [4.78, 5) is 24.9. The first kappa shape index (κ1) is 15.3. The standard InChI is InChI=1S/C17H19N3O3/c1-12(2)17(21)19-11-10-18-9-3-4-15(18)16(19)13-5-7-14(8-6-13)20(22)23/h3-9,12,16H,10-11H2,1-2H3/t16-/m0/s1. The van der Waals surface area contributed by atoms with Gasteiger partial charge in [0.05, 0.1) is 11.0 Å². The van der Waals surface area contributed by atoms with Gasteiger partial charge in [0.15, 0.2) is 0 Å². The molecule has 0 radical (unpaired) electrons. The van der Waals surface area contributed by atoms with Crippen LogP contribution in [0, 0.1) is 16.0 Å². The predicted octanol–water partition coefficient (Wildman–Crippen LogP) is 2.98. The van der Waals surface area contributed by atoms with Crippen molar-refractivity contribution >= 4 is 11.6 Å². The molecule has 2 heterocycles. The Kier molecular flexibility index (Phi) is 3.90. The molecule has 120 valence electrons. The average Bonchev–Trinajstić information content (AvgIpc) is 3.01. The van der Waals surface area contributed by atoms with E-state index in [2.05, 4.69) is 4.57 Å². The van der Waals surface area contributed by atoms with Crippen LogP contribution in [-0.4, -0.2) is 26.8 Å². The second-order valence-electron chi connectivity index (χ2n) is 6.06. The smallest absolute Gasteiger partial charge is 0.269 e. The highest BCUT2D eigenvalue weighted by atomic mass is 16.6. The normalized spacial score (nSPS) is 17.2. The molecule has 3 rings (SSSR count). The van der Waals surface area contributed by atoms with Crippen molar-refractivity contribution in [2.75, 3.05) is 6.54 Å². The van der Waals surface area contributed by atoms with Crippen molar-refractivity contribution in [1.82, 2.24) is 9.47 Å². The van der Waals surface area contributed by atoms with Gasteiger partial charge in [-0.15, -0.1) is 0 Å². The van der Waals surface area contributed by atoms with E-state index in [-0.39, 0.29) is 23.6 Å². The van der Waals surface area contributed by atoms with Crippen LogP contribution in [0.2, 0.25) is 0 Å². The summed E-state index contributed by atoms with van der Waals surface area (Å²) in [6, 6.07) is 10.3. The van der Waals surface area contributed by atoms with Gasteiger partial charge >= 0.3 is 0 Å². The minimum Gasteiger partial charge on any atom is -0.348 e. The molecule has 6 heteroatoms. The Morgan fingerprint density at radius 2 is 1.91 bits per heavy atom. The van der Waals surface area contributed by atoms with E-state index >= 15 is 0 Å². The molecule has 0 saturated carbocycles. The number of non-ortho nitro benzene ring substituents is 1. The highest BCUT2D eigenvalue weighted by Crippen LogP contribution is 2.34. The highest BCUT2D eigenvalue weighted by molar-refractivity contribution is 5.79. The number of benzene rings is 1. The number of aromatic nitrogens is 1. The molecule has 1 atom stereocenters. The molecule has 0 N–H and O–H groups in total. The van der Waals surface area contributed by atoms with Crippen LogP contribution in [0.4, 0.5) is 5.69 Å². The van der Waals surface area contributed by atoms with E-state index < -0.39 is 4.92 Å². The minimum atomic E-state index is -0.412. The summed E-state index contributed by atoms with van der Waals surface area (Å²) in [6.45, 7) is 5.19. The number of hydrogen-bond acceptors (Lipinski definition) is 3. The van der Waals surface area contributed by atoms with E-state index in [1.807, 2.05) is 37.1 Å². The van der Waals surface area contributed by atoms with Crippen LogP contribution in [0.3, 0.4) is 0 Å². The minimum absolute atomic E-state index is 0.0571. The number of carbonyl (C=O) groups is 1. The Morgan fingerprint density at radius 3 is 2.52 bits per heavy atom. The van der Waals surface area contributed by atoms with Gasteiger partial charge < -0.3 is 9.47 Å². The summed E-state index contributed by atoms with van der Waals surface area (Å²) in [5, 5.41) is 10.8. The molecule has 0 bridgehead atoms. The van der Waals surface area contributed by atoms with Crippen molar-refractivity contribution in [3.05, 3.63) is 64.0 Å². The van der Waals surface area contributed by atoms with E-state index in [1.165, 1.54) is 12.1 Å². The van der Waals surface area contributed by atoms with Gasteiger partial charge in [0, 0.05) is 43.0 Å². The lowest BCUT2D eigenvalue weighted by Gasteiger charge is -2.38. The molecule has 0 saturated heterocycles. The number of hydrogen-bond donors (Lipinski definition) is 0. The topological polar surface area (TPSA) is 68.4 Å². The largest absolute Gasteiger partial charge is 0.348 e. The lowest BCUT2D eigenvalue weighted by molar-refractivity contribution is -0.384. The van der Waals surface area contributed by atoms with Crippen molar-refractivity contribution in [3.63, 3.8) is 0 Å². The van der Waals surface area contributed by atoms with E-state index in [0.29, 0.717) is 6.54 Å². The van der Waals surface area contributed by atoms with E-state index in [9.17, 15) is 14.9 Å². The maximum atomic E-state index is 12.6. The third-order valence-electron chi connectivity index (χ3n) is 4.23. The van der Waals surface area contributed by atoms with Crippen LogP contribution in [0.5, 0.6) is 0 Å². The second kappa shape index (κ2) is 5.87. The van der Waals surface area contributed by atoms with Gasteiger partial charge in [-0.25, -0.2) is 0 Å². The fourth-order valence-electron chi connectivity index (χ4n) is 3.08. The summed E-state index contributed by atoms with van der Waals surface area (Å²) in [5.41, 5.74) is 1.99. The van der Waals surface area contributed by atoms with Crippen molar-refractivity contribution in [2.45, 2.75) is 26.4 Å². The molecule has 23 heavy (non-hydrogen) atoms. The van der Waals surface area contributed by atoms with Crippen LogP contribution in [-0.2, 0) is 11.3 Å². The summed E-state index contributed by atoms with van der Waals surface area (Å²) >= 11 is 0. The Bertz CT molecular complexity index is 734. The number of nitro benzene ring substituents is 1. The van der Waals surface area contributed by atoms with Gasteiger partial charge in [-0.3, -0.25) is 14.9 Å². The molecule has 1 aliphatic rings. The van der Waals surface area contributed by atoms with E-state index in [0.717, 1.165) is 17.8 Å². The SMILES string of the molecule is CC(C)C(=O)N1CCn2cccc2[C@@H]1c1ccc([N+](=O)[O-])cc1. The predicted molar refractivity (Wildman–Crippen MR) is 85.9 cm³/mol. The number of nitro groups is 1. The maximum Gasteiger partial charge on any atom is 0.269 e. The van der Waals surface area contributed by atoms with E-state index in [1.54, 1.807) is 12.1 Å². The highest BCUT2D eigenvalue weighted by Gasteiger charge is 2.33. The number of amides is 1. The molecule has 0 unspecified atom stereocenters. The van der Waals surface area contributed by atoms with Crippen molar-refractivity contribution in [1.29, 1.82) is 0 Å². The van der Waals surface area contributed by atoms with Crippen molar-refractivity contribution < 1.29 is 9.72 Å². The van der Waals surface area contributed by atoms with Gasteiger partial charge in [0.2, 0.25) is 5.91 Å². The van der Waals surface area contributed by atoms with Crippen LogP contribution in [0.1, 0.15) is 31.1 Å². The molecule has 0 aliphatic carbocycles. The maximum absolute atomic E-state index is 12.6. The molecule has 0 fully saturated rings. The zero-order chi connectivity index (χ0) is 16.6. The quantitative estimate of drug-likeness (QED) is 0.646. The fourth-order valence-corrected chi connectivity index (χ4v) is 3.08. The van der Waals surface area contributed by atoms with Gasteiger partial charge in [0.25, 0.3) is 5.69 Å². The second-order valence-corrected chi connectivity index (χ2v) is 6.06. The number of fused-ring (bicyclic) bond motifs is 1. The average molecular weight is 313 g/mol. The first-order valence-corrected chi connectivity index (χ1v) is 7.69. The van der Waals surface area contributed by atoms with Crippen molar-refractivity contribution in [3.8, 4) is 0 Å². The molecule has 1 aliphatic heterocycles. The van der Waals surface area contributed by atoms with Gasteiger partial charge in [-0.1, -0.05) is 13.8 Å². The van der Waals surface area contributed by atoms with E-state index in [4.69, 9.17) is 0 Å². The third kappa shape index (κ3) is 2.72. The number of rotatable bonds is 3. The molecule has 2 aromatic rings.